The summed E-state index contributed by atoms with van der Waals surface area (Å²) in [4.78, 5) is 21.2. The van der Waals surface area contributed by atoms with E-state index in [0.29, 0.717) is 23.9 Å². The number of rotatable bonds is 6. The fourth-order valence-corrected chi connectivity index (χ4v) is 2.81. The second-order valence-corrected chi connectivity index (χ2v) is 6.53. The van der Waals surface area contributed by atoms with Crippen LogP contribution in [0.4, 0.5) is 11.5 Å². The Labute approximate surface area is 159 Å². The summed E-state index contributed by atoms with van der Waals surface area (Å²) in [5.41, 5.74) is 4.70. The van der Waals surface area contributed by atoms with Gasteiger partial charge in [0, 0.05) is 18.3 Å². The minimum atomic E-state index is -0.247. The van der Waals surface area contributed by atoms with Crippen molar-refractivity contribution in [2.75, 3.05) is 10.6 Å². The Morgan fingerprint density at radius 3 is 2.44 bits per heavy atom. The van der Waals surface area contributed by atoms with Gasteiger partial charge in [0.2, 0.25) is 0 Å². The van der Waals surface area contributed by atoms with E-state index in [2.05, 4.69) is 52.6 Å². The zero-order valence-electron chi connectivity index (χ0n) is 15.9. The van der Waals surface area contributed by atoms with Crippen molar-refractivity contribution in [1.82, 2.24) is 9.97 Å². The number of nitrogens with zero attached hydrogens (tertiary/aromatic N) is 2. The monoisotopic (exact) mass is 360 g/mol. The highest BCUT2D eigenvalue weighted by molar-refractivity contribution is 6.03. The van der Waals surface area contributed by atoms with Gasteiger partial charge in [-0.1, -0.05) is 48.9 Å². The molecule has 0 radical (unpaired) electrons. The number of amides is 1. The van der Waals surface area contributed by atoms with Gasteiger partial charge < -0.3 is 10.6 Å². The molecule has 0 bridgehead atoms. The van der Waals surface area contributed by atoms with Crippen molar-refractivity contribution >= 4 is 17.4 Å². The molecule has 3 rings (SSSR count). The lowest BCUT2D eigenvalue weighted by molar-refractivity contribution is 0.102. The second kappa shape index (κ2) is 8.45. The Balaban J connectivity index is 1.70. The Morgan fingerprint density at radius 1 is 0.963 bits per heavy atom. The fraction of sp³-hybridized carbons (Fsp3) is 0.227. The topological polar surface area (TPSA) is 66.9 Å². The lowest BCUT2D eigenvalue weighted by Crippen LogP contribution is -2.16. The number of carbonyl (C=O) groups is 1. The van der Waals surface area contributed by atoms with Crippen LogP contribution in [-0.4, -0.2) is 15.9 Å². The molecule has 1 heterocycles. The summed E-state index contributed by atoms with van der Waals surface area (Å²) in [5.74, 6) is 0.939. The molecule has 5 nitrogen and oxygen atoms in total. The molecule has 2 N–H and O–H groups in total. The summed E-state index contributed by atoms with van der Waals surface area (Å²) >= 11 is 0. The van der Waals surface area contributed by atoms with Crippen LogP contribution in [0, 0.1) is 13.8 Å². The molecular formula is C22H24N4O. The van der Waals surface area contributed by atoms with Crippen molar-refractivity contribution < 1.29 is 4.79 Å². The van der Waals surface area contributed by atoms with Crippen LogP contribution in [0.2, 0.25) is 0 Å². The van der Waals surface area contributed by atoms with E-state index in [0.717, 1.165) is 17.7 Å². The van der Waals surface area contributed by atoms with E-state index in [1.807, 2.05) is 30.3 Å². The highest BCUT2D eigenvalue weighted by atomic mass is 16.1. The summed E-state index contributed by atoms with van der Waals surface area (Å²) in [5, 5.41) is 6.16. The van der Waals surface area contributed by atoms with Gasteiger partial charge in [-0.05, 0) is 43.5 Å². The quantitative estimate of drug-likeness (QED) is 0.678. The highest BCUT2D eigenvalue weighted by Gasteiger charge is 2.11. The third kappa shape index (κ3) is 5.14. The van der Waals surface area contributed by atoms with Gasteiger partial charge >= 0.3 is 0 Å². The number of carbonyl (C=O) groups excluding carboxylic acids is 1. The van der Waals surface area contributed by atoms with E-state index in [1.165, 1.54) is 11.1 Å². The number of anilines is 2. The standard InChI is InChI=1S/C22H24N4O/c1-4-17-8-10-19(11-9-17)26-22(27)20-13-21(25-16(3)24-20)23-14-18-7-5-6-15(2)12-18/h5-13H,4,14H2,1-3H3,(H,26,27)(H,23,24,25). The van der Waals surface area contributed by atoms with Crippen molar-refractivity contribution in [2.45, 2.75) is 33.7 Å². The molecule has 138 valence electrons. The second-order valence-electron chi connectivity index (χ2n) is 6.53. The molecule has 0 unspecified atom stereocenters. The smallest absolute Gasteiger partial charge is 0.274 e. The molecule has 27 heavy (non-hydrogen) atoms. The molecule has 1 aromatic heterocycles. The van der Waals surface area contributed by atoms with Gasteiger partial charge in [0.25, 0.3) is 5.91 Å². The largest absolute Gasteiger partial charge is 0.366 e. The molecular weight excluding hydrogens is 336 g/mol. The maximum absolute atomic E-state index is 12.6. The summed E-state index contributed by atoms with van der Waals surface area (Å²) in [6, 6.07) is 17.8. The van der Waals surface area contributed by atoms with E-state index in [1.54, 1.807) is 13.0 Å². The summed E-state index contributed by atoms with van der Waals surface area (Å²) in [6.45, 7) is 6.58. The molecule has 5 heteroatoms. The Kier molecular flexibility index (Phi) is 5.81. The third-order valence-corrected chi connectivity index (χ3v) is 4.25. The van der Waals surface area contributed by atoms with Gasteiger partial charge in [-0.3, -0.25) is 4.79 Å². The van der Waals surface area contributed by atoms with E-state index < -0.39 is 0 Å². The fourth-order valence-electron chi connectivity index (χ4n) is 2.81. The minimum absolute atomic E-state index is 0.247. The van der Waals surface area contributed by atoms with Crippen molar-refractivity contribution in [3.8, 4) is 0 Å². The lowest BCUT2D eigenvalue weighted by atomic mass is 10.1. The van der Waals surface area contributed by atoms with Crippen LogP contribution in [0.25, 0.3) is 0 Å². The van der Waals surface area contributed by atoms with Gasteiger partial charge in [-0.2, -0.15) is 0 Å². The SMILES string of the molecule is CCc1ccc(NC(=O)c2cc(NCc3cccc(C)c3)nc(C)n2)cc1. The minimum Gasteiger partial charge on any atom is -0.366 e. The van der Waals surface area contributed by atoms with Crippen molar-refractivity contribution in [2.24, 2.45) is 0 Å². The molecule has 0 aliphatic carbocycles. The van der Waals surface area contributed by atoms with Crippen LogP contribution < -0.4 is 10.6 Å². The van der Waals surface area contributed by atoms with E-state index in [4.69, 9.17) is 0 Å². The van der Waals surface area contributed by atoms with E-state index >= 15 is 0 Å². The van der Waals surface area contributed by atoms with E-state index in [-0.39, 0.29) is 5.91 Å². The highest BCUT2D eigenvalue weighted by Crippen LogP contribution is 2.14. The van der Waals surface area contributed by atoms with Gasteiger partial charge in [-0.25, -0.2) is 9.97 Å². The molecule has 0 spiro atoms. The van der Waals surface area contributed by atoms with Gasteiger partial charge in [-0.15, -0.1) is 0 Å². The summed E-state index contributed by atoms with van der Waals surface area (Å²) < 4.78 is 0. The molecule has 2 aromatic carbocycles. The first-order valence-corrected chi connectivity index (χ1v) is 9.09. The Bertz CT molecular complexity index is 935. The van der Waals surface area contributed by atoms with Gasteiger partial charge in [0.15, 0.2) is 0 Å². The van der Waals surface area contributed by atoms with Crippen LogP contribution in [0.1, 0.15) is 39.9 Å². The zero-order chi connectivity index (χ0) is 19.2. The maximum Gasteiger partial charge on any atom is 0.274 e. The molecule has 0 aliphatic rings. The molecule has 0 atom stereocenters. The molecule has 0 fully saturated rings. The molecule has 1 amide bonds. The van der Waals surface area contributed by atoms with Crippen molar-refractivity contribution in [1.29, 1.82) is 0 Å². The zero-order valence-corrected chi connectivity index (χ0v) is 15.9. The first kappa shape index (κ1) is 18.6. The van der Waals surface area contributed by atoms with Crippen LogP contribution >= 0.6 is 0 Å². The van der Waals surface area contributed by atoms with Gasteiger partial charge in [0.1, 0.15) is 17.3 Å². The lowest BCUT2D eigenvalue weighted by Gasteiger charge is -2.10. The molecule has 0 saturated carbocycles. The first-order chi connectivity index (χ1) is 13.0. The van der Waals surface area contributed by atoms with Crippen LogP contribution in [0.3, 0.4) is 0 Å². The number of nitrogens with one attached hydrogen (secondary N) is 2. The maximum atomic E-state index is 12.6. The number of aryl methyl sites for hydroxylation is 3. The number of benzene rings is 2. The number of hydrogen-bond acceptors (Lipinski definition) is 4. The number of hydrogen-bond donors (Lipinski definition) is 2. The predicted octanol–water partition coefficient (Wildman–Crippen LogP) is 4.52. The Hall–Kier alpha value is -3.21. The predicted molar refractivity (Wildman–Crippen MR) is 109 cm³/mol. The summed E-state index contributed by atoms with van der Waals surface area (Å²) in [7, 11) is 0. The van der Waals surface area contributed by atoms with E-state index in [9.17, 15) is 4.79 Å². The Morgan fingerprint density at radius 2 is 1.74 bits per heavy atom. The van der Waals surface area contributed by atoms with Crippen molar-refractivity contribution in [3.05, 3.63) is 82.8 Å². The average molecular weight is 360 g/mol. The third-order valence-electron chi connectivity index (χ3n) is 4.25. The number of aromatic nitrogens is 2. The van der Waals surface area contributed by atoms with Crippen LogP contribution in [-0.2, 0) is 13.0 Å². The molecule has 0 aliphatic heterocycles. The normalized spacial score (nSPS) is 10.5. The van der Waals surface area contributed by atoms with Crippen molar-refractivity contribution in [3.63, 3.8) is 0 Å². The van der Waals surface area contributed by atoms with Crippen LogP contribution in [0.15, 0.2) is 54.6 Å². The first-order valence-electron chi connectivity index (χ1n) is 9.09. The summed E-state index contributed by atoms with van der Waals surface area (Å²) in [6.07, 6.45) is 0.968. The van der Waals surface area contributed by atoms with Crippen LogP contribution in [0.5, 0.6) is 0 Å². The van der Waals surface area contributed by atoms with Gasteiger partial charge in [0.05, 0.1) is 0 Å². The molecule has 0 saturated heterocycles. The average Bonchev–Trinajstić information content (AvgIpc) is 2.66. The molecule has 3 aromatic rings.